The third kappa shape index (κ3) is 4.98. The van der Waals surface area contributed by atoms with Crippen molar-refractivity contribution in [1.82, 2.24) is 15.1 Å². The van der Waals surface area contributed by atoms with E-state index in [2.05, 4.69) is 26.3 Å². The van der Waals surface area contributed by atoms with Crippen molar-refractivity contribution in [1.29, 1.82) is 0 Å². The van der Waals surface area contributed by atoms with Crippen LogP contribution in [-0.4, -0.2) is 22.7 Å². The number of halogens is 2. The SMILES string of the molecule is CCCNC=O.Cc1c(Br)cnn1-c1ccc(Cl)cc1. The van der Waals surface area contributed by atoms with Gasteiger partial charge < -0.3 is 5.32 Å². The molecule has 1 aromatic heterocycles. The van der Waals surface area contributed by atoms with Gasteiger partial charge in [0, 0.05) is 11.6 Å². The summed E-state index contributed by atoms with van der Waals surface area (Å²) in [4.78, 5) is 9.45. The molecule has 1 aromatic carbocycles. The van der Waals surface area contributed by atoms with Gasteiger partial charge in [-0.05, 0) is 53.5 Å². The molecule has 0 atom stereocenters. The van der Waals surface area contributed by atoms with Crippen LogP contribution in [0.2, 0.25) is 5.02 Å². The summed E-state index contributed by atoms with van der Waals surface area (Å²) in [6, 6.07) is 7.58. The highest BCUT2D eigenvalue weighted by molar-refractivity contribution is 9.10. The highest BCUT2D eigenvalue weighted by Crippen LogP contribution is 2.19. The molecule has 0 aliphatic carbocycles. The summed E-state index contributed by atoms with van der Waals surface area (Å²) in [6.07, 6.45) is 3.51. The third-order valence-electron chi connectivity index (χ3n) is 2.50. The van der Waals surface area contributed by atoms with Gasteiger partial charge in [0.05, 0.1) is 22.1 Å². The van der Waals surface area contributed by atoms with Crippen LogP contribution < -0.4 is 5.32 Å². The molecule has 0 bridgehead atoms. The number of aromatic nitrogens is 2. The number of nitrogens with zero attached hydrogens (tertiary/aromatic N) is 2. The highest BCUT2D eigenvalue weighted by atomic mass is 79.9. The summed E-state index contributed by atoms with van der Waals surface area (Å²) in [5.74, 6) is 0. The lowest BCUT2D eigenvalue weighted by Gasteiger charge is -2.03. The zero-order chi connectivity index (χ0) is 15.0. The zero-order valence-electron chi connectivity index (χ0n) is 11.4. The van der Waals surface area contributed by atoms with Crippen molar-refractivity contribution in [2.45, 2.75) is 20.3 Å². The number of amides is 1. The van der Waals surface area contributed by atoms with Crippen LogP contribution in [0.5, 0.6) is 0 Å². The lowest BCUT2D eigenvalue weighted by molar-refractivity contribution is -0.109. The van der Waals surface area contributed by atoms with E-state index >= 15 is 0 Å². The number of carbonyl (C=O) groups excluding carboxylic acids is 1. The molecule has 4 nitrogen and oxygen atoms in total. The Balaban J connectivity index is 0.000000286. The van der Waals surface area contributed by atoms with Crippen LogP contribution in [0.1, 0.15) is 19.0 Å². The van der Waals surface area contributed by atoms with Crippen molar-refractivity contribution in [3.05, 3.63) is 45.7 Å². The fourth-order valence-corrected chi connectivity index (χ4v) is 1.82. The van der Waals surface area contributed by atoms with E-state index in [0.717, 1.165) is 33.8 Å². The molecule has 0 aliphatic rings. The van der Waals surface area contributed by atoms with Gasteiger partial charge in [-0.2, -0.15) is 5.10 Å². The van der Waals surface area contributed by atoms with Crippen molar-refractivity contribution in [2.75, 3.05) is 6.54 Å². The predicted octanol–water partition coefficient (Wildman–Crippen LogP) is 3.74. The maximum atomic E-state index is 9.45. The van der Waals surface area contributed by atoms with Crippen molar-refractivity contribution >= 4 is 33.9 Å². The van der Waals surface area contributed by atoms with Crippen molar-refractivity contribution < 1.29 is 4.79 Å². The van der Waals surface area contributed by atoms with E-state index in [0.29, 0.717) is 6.41 Å². The molecule has 0 spiro atoms. The van der Waals surface area contributed by atoms with Gasteiger partial charge in [-0.15, -0.1) is 0 Å². The molecule has 0 saturated carbocycles. The van der Waals surface area contributed by atoms with Crippen LogP contribution in [0.15, 0.2) is 34.9 Å². The first-order valence-corrected chi connectivity index (χ1v) is 7.40. The van der Waals surface area contributed by atoms with Gasteiger partial charge in [0.2, 0.25) is 6.41 Å². The van der Waals surface area contributed by atoms with Crippen LogP contribution in [0.25, 0.3) is 5.69 Å². The maximum absolute atomic E-state index is 9.45. The zero-order valence-corrected chi connectivity index (χ0v) is 13.8. The molecule has 0 fully saturated rings. The minimum atomic E-state index is 0.712. The molecular formula is C14H17BrClN3O. The topological polar surface area (TPSA) is 46.9 Å². The van der Waals surface area contributed by atoms with Gasteiger partial charge in [0.25, 0.3) is 0 Å². The molecule has 0 aliphatic heterocycles. The predicted molar refractivity (Wildman–Crippen MR) is 85.4 cm³/mol. The molecule has 108 valence electrons. The van der Waals surface area contributed by atoms with E-state index < -0.39 is 0 Å². The summed E-state index contributed by atoms with van der Waals surface area (Å²) in [6.45, 7) is 4.81. The van der Waals surface area contributed by atoms with E-state index in [4.69, 9.17) is 11.6 Å². The average Bonchev–Trinajstić information content (AvgIpc) is 2.79. The third-order valence-corrected chi connectivity index (χ3v) is 3.53. The minimum Gasteiger partial charge on any atom is -0.359 e. The van der Waals surface area contributed by atoms with E-state index in [1.807, 2.05) is 42.8 Å². The number of nitrogens with one attached hydrogen (secondary N) is 1. The number of benzene rings is 1. The van der Waals surface area contributed by atoms with Crippen LogP contribution in [0, 0.1) is 6.92 Å². The van der Waals surface area contributed by atoms with Gasteiger partial charge in [-0.3, -0.25) is 4.79 Å². The second-order valence-corrected chi connectivity index (χ2v) is 5.33. The molecule has 6 heteroatoms. The molecule has 1 N–H and O–H groups in total. The molecule has 2 aromatic rings. The van der Waals surface area contributed by atoms with Crippen molar-refractivity contribution in [2.24, 2.45) is 0 Å². The number of hydrogen-bond acceptors (Lipinski definition) is 2. The molecular weight excluding hydrogens is 342 g/mol. The quantitative estimate of drug-likeness (QED) is 0.668. The fourth-order valence-electron chi connectivity index (χ4n) is 1.44. The van der Waals surface area contributed by atoms with Crippen LogP contribution in [0.3, 0.4) is 0 Å². The van der Waals surface area contributed by atoms with Crippen LogP contribution in [0.4, 0.5) is 0 Å². The van der Waals surface area contributed by atoms with Gasteiger partial charge in [-0.25, -0.2) is 4.68 Å². The summed E-state index contributed by atoms with van der Waals surface area (Å²) in [5, 5.41) is 7.49. The Labute approximate surface area is 132 Å². The molecule has 1 amide bonds. The first-order chi connectivity index (χ1) is 9.60. The summed E-state index contributed by atoms with van der Waals surface area (Å²) < 4.78 is 2.87. The average molecular weight is 359 g/mol. The first-order valence-electron chi connectivity index (χ1n) is 6.23. The lowest BCUT2D eigenvalue weighted by Crippen LogP contribution is -2.10. The Morgan fingerprint density at radius 1 is 1.40 bits per heavy atom. The molecule has 2 rings (SSSR count). The monoisotopic (exact) mass is 357 g/mol. The number of hydrogen-bond donors (Lipinski definition) is 1. The Morgan fingerprint density at radius 3 is 2.45 bits per heavy atom. The number of carbonyl (C=O) groups is 1. The van der Waals surface area contributed by atoms with E-state index in [1.165, 1.54) is 0 Å². The van der Waals surface area contributed by atoms with Crippen LogP contribution in [-0.2, 0) is 4.79 Å². The van der Waals surface area contributed by atoms with E-state index in [9.17, 15) is 4.79 Å². The van der Waals surface area contributed by atoms with Gasteiger partial charge >= 0.3 is 0 Å². The van der Waals surface area contributed by atoms with Gasteiger partial charge in [0.1, 0.15) is 0 Å². The Hall–Kier alpha value is -1.33. The van der Waals surface area contributed by atoms with Crippen molar-refractivity contribution in [3.8, 4) is 5.69 Å². The molecule has 0 radical (unpaired) electrons. The normalized spacial score (nSPS) is 9.60. The largest absolute Gasteiger partial charge is 0.359 e. The fraction of sp³-hybridized carbons (Fsp3) is 0.286. The lowest BCUT2D eigenvalue weighted by atomic mass is 10.3. The molecule has 0 unspecified atom stereocenters. The molecule has 0 saturated heterocycles. The summed E-state index contributed by atoms with van der Waals surface area (Å²) >= 11 is 9.22. The van der Waals surface area contributed by atoms with Gasteiger partial charge in [0.15, 0.2) is 0 Å². The second kappa shape index (κ2) is 8.76. The van der Waals surface area contributed by atoms with Crippen molar-refractivity contribution in [3.63, 3.8) is 0 Å². The second-order valence-electron chi connectivity index (χ2n) is 4.04. The Bertz CT molecular complexity index is 540. The maximum Gasteiger partial charge on any atom is 0.207 e. The molecule has 20 heavy (non-hydrogen) atoms. The minimum absolute atomic E-state index is 0.712. The van der Waals surface area contributed by atoms with Crippen LogP contribution >= 0.6 is 27.5 Å². The summed E-state index contributed by atoms with van der Waals surface area (Å²) in [5.41, 5.74) is 2.09. The summed E-state index contributed by atoms with van der Waals surface area (Å²) in [7, 11) is 0. The Morgan fingerprint density at radius 2 is 2.05 bits per heavy atom. The highest BCUT2D eigenvalue weighted by Gasteiger charge is 2.04. The number of rotatable bonds is 4. The van der Waals surface area contributed by atoms with Gasteiger partial charge in [-0.1, -0.05) is 18.5 Å². The molecule has 1 heterocycles. The standard InChI is InChI=1S/C10H8BrClN2.C4H9NO/c1-7-10(11)6-13-14(7)9-4-2-8(12)3-5-9;1-2-3-5-4-6/h2-6H,1H3;4H,2-3H2,1H3,(H,5,6). The van der Waals surface area contributed by atoms with E-state index in [-0.39, 0.29) is 0 Å². The smallest absolute Gasteiger partial charge is 0.207 e. The Kier molecular flexibility index (Phi) is 7.33. The van der Waals surface area contributed by atoms with E-state index in [1.54, 1.807) is 6.20 Å². The first kappa shape index (κ1) is 16.7.